The lowest BCUT2D eigenvalue weighted by Gasteiger charge is -2.31. The fourth-order valence-electron chi connectivity index (χ4n) is 6.99. The van der Waals surface area contributed by atoms with Crippen LogP contribution in [-0.2, 0) is 0 Å². The molecule has 0 amide bonds. The summed E-state index contributed by atoms with van der Waals surface area (Å²) >= 11 is 0. The van der Waals surface area contributed by atoms with Crippen LogP contribution in [0.15, 0.2) is 30.3 Å². The van der Waals surface area contributed by atoms with Crippen molar-refractivity contribution in [1.82, 2.24) is 14.9 Å². The van der Waals surface area contributed by atoms with E-state index in [0.29, 0.717) is 11.9 Å². The third-order valence-electron chi connectivity index (χ3n) is 8.87. The Hall–Kier alpha value is -4.37. The van der Waals surface area contributed by atoms with Gasteiger partial charge in [0.15, 0.2) is 5.82 Å². The normalized spacial score (nSPS) is 21.5. The first-order valence-corrected chi connectivity index (χ1v) is 14.4. The van der Waals surface area contributed by atoms with Gasteiger partial charge in [-0.15, -0.1) is 6.42 Å². The first-order chi connectivity index (χ1) is 21.2. The van der Waals surface area contributed by atoms with Gasteiger partial charge in [-0.25, -0.2) is 22.0 Å². The fourth-order valence-corrected chi connectivity index (χ4v) is 6.99. The van der Waals surface area contributed by atoms with Crippen LogP contribution in [0.4, 0.5) is 33.5 Å². The van der Waals surface area contributed by atoms with Crippen LogP contribution >= 0.6 is 0 Å². The number of hydrogen-bond acceptors (Lipinski definition) is 7. The number of halogens is 5. The van der Waals surface area contributed by atoms with Crippen LogP contribution in [0.1, 0.15) is 24.8 Å². The minimum atomic E-state index is -2.71. The summed E-state index contributed by atoms with van der Waals surface area (Å²) in [6, 6.07) is 6.99. The molecule has 2 N–H and O–H groups in total. The molecule has 44 heavy (non-hydrogen) atoms. The van der Waals surface area contributed by atoms with E-state index in [4.69, 9.17) is 21.6 Å². The molecule has 7 nitrogen and oxygen atoms in total. The minimum absolute atomic E-state index is 0.00267. The number of nitrogens with zero attached hydrogens (tertiary/aromatic N) is 4. The van der Waals surface area contributed by atoms with E-state index in [1.54, 1.807) is 6.07 Å². The van der Waals surface area contributed by atoms with Gasteiger partial charge >= 0.3 is 6.01 Å². The van der Waals surface area contributed by atoms with Gasteiger partial charge in [0.2, 0.25) is 0 Å². The maximum Gasteiger partial charge on any atom is 0.319 e. The maximum absolute atomic E-state index is 16.8. The highest BCUT2D eigenvalue weighted by Crippen LogP contribution is 2.45. The summed E-state index contributed by atoms with van der Waals surface area (Å²) in [7, 11) is 0. The Morgan fingerprint density at radius 3 is 2.77 bits per heavy atom. The van der Waals surface area contributed by atoms with Gasteiger partial charge in [0.25, 0.3) is 6.43 Å². The quantitative estimate of drug-likeness (QED) is 0.171. The van der Waals surface area contributed by atoms with E-state index in [9.17, 15) is 17.6 Å². The number of benzene rings is 3. The summed E-state index contributed by atoms with van der Waals surface area (Å²) in [5.41, 5.74) is 5.80. The van der Waals surface area contributed by atoms with Crippen molar-refractivity contribution in [3.8, 4) is 35.2 Å². The largest absolute Gasteiger partial charge is 0.491 e. The first kappa shape index (κ1) is 28.4. The van der Waals surface area contributed by atoms with Crippen LogP contribution in [0.5, 0.6) is 11.8 Å². The molecule has 0 unspecified atom stereocenters. The Morgan fingerprint density at radius 2 is 1.98 bits per heavy atom. The van der Waals surface area contributed by atoms with E-state index in [1.165, 1.54) is 29.2 Å². The summed E-state index contributed by atoms with van der Waals surface area (Å²) in [5, 5.41) is 0.867. The third-order valence-corrected chi connectivity index (χ3v) is 8.87. The van der Waals surface area contributed by atoms with E-state index in [2.05, 4.69) is 20.8 Å². The lowest BCUT2D eigenvalue weighted by molar-refractivity contribution is 0.107. The number of terminal acetylenes is 1. The summed E-state index contributed by atoms with van der Waals surface area (Å²) in [6.07, 6.45) is 3.86. The molecule has 7 rings (SSSR count). The Morgan fingerprint density at radius 1 is 1.14 bits per heavy atom. The Balaban J connectivity index is 1.43. The van der Waals surface area contributed by atoms with Crippen molar-refractivity contribution in [1.29, 1.82) is 0 Å². The molecule has 228 valence electrons. The molecular formula is C32H28F5N5O2. The van der Waals surface area contributed by atoms with Gasteiger partial charge in [0.05, 0.1) is 29.6 Å². The third kappa shape index (κ3) is 4.61. The van der Waals surface area contributed by atoms with Gasteiger partial charge in [-0.1, -0.05) is 12.0 Å². The van der Waals surface area contributed by atoms with Crippen molar-refractivity contribution >= 4 is 33.2 Å². The number of alkyl halides is 3. The van der Waals surface area contributed by atoms with Gasteiger partial charge in [0.1, 0.15) is 42.3 Å². The van der Waals surface area contributed by atoms with Crippen LogP contribution in [0.3, 0.4) is 0 Å². The Kier molecular flexibility index (Phi) is 6.88. The summed E-state index contributed by atoms with van der Waals surface area (Å²) in [4.78, 5) is 12.2. The van der Waals surface area contributed by atoms with Gasteiger partial charge in [0, 0.05) is 29.6 Å². The monoisotopic (exact) mass is 609 g/mol. The van der Waals surface area contributed by atoms with Gasteiger partial charge in [-0.2, -0.15) is 9.97 Å². The number of anilines is 2. The number of nitrogen functional groups attached to an aromatic ring is 1. The second kappa shape index (κ2) is 10.7. The number of nitrogens with two attached hydrogens (primary N) is 1. The molecule has 2 saturated heterocycles. The molecule has 3 aliphatic rings. The van der Waals surface area contributed by atoms with Crippen LogP contribution in [0.25, 0.3) is 32.8 Å². The molecule has 3 aliphatic heterocycles. The number of ether oxygens (including phenoxy) is 2. The average molecular weight is 610 g/mol. The molecule has 1 aromatic heterocycles. The van der Waals surface area contributed by atoms with Gasteiger partial charge < -0.3 is 20.1 Å². The molecule has 0 bridgehead atoms. The zero-order valence-corrected chi connectivity index (χ0v) is 23.6. The highest BCUT2D eigenvalue weighted by molar-refractivity contribution is 6.06. The van der Waals surface area contributed by atoms with Crippen LogP contribution in [0, 0.1) is 24.0 Å². The highest BCUT2D eigenvalue weighted by atomic mass is 19.3. The smallest absolute Gasteiger partial charge is 0.319 e. The molecule has 2 atom stereocenters. The van der Waals surface area contributed by atoms with Crippen molar-refractivity contribution in [2.75, 3.05) is 50.0 Å². The van der Waals surface area contributed by atoms with E-state index < -0.39 is 36.3 Å². The molecule has 0 spiro atoms. The molecule has 0 aliphatic carbocycles. The molecule has 4 aromatic rings. The predicted octanol–water partition coefficient (Wildman–Crippen LogP) is 5.71. The molecule has 2 fully saturated rings. The molecular weight excluding hydrogens is 581 g/mol. The highest BCUT2D eigenvalue weighted by Gasteiger charge is 2.49. The van der Waals surface area contributed by atoms with Gasteiger partial charge in [-0.3, -0.25) is 4.90 Å². The van der Waals surface area contributed by atoms with Gasteiger partial charge in [-0.05, 0) is 54.6 Å². The molecule has 4 heterocycles. The minimum Gasteiger partial charge on any atom is -0.491 e. The lowest BCUT2D eigenvalue weighted by atomic mass is 9.92. The van der Waals surface area contributed by atoms with Crippen LogP contribution < -0.4 is 20.1 Å². The topological polar surface area (TPSA) is 76.7 Å². The molecule has 0 saturated carbocycles. The van der Waals surface area contributed by atoms with Crippen molar-refractivity contribution in [3.05, 3.63) is 47.5 Å². The van der Waals surface area contributed by atoms with E-state index in [1.807, 2.05) is 0 Å². The zero-order valence-electron chi connectivity index (χ0n) is 23.6. The molecule has 3 aromatic carbocycles. The van der Waals surface area contributed by atoms with Crippen LogP contribution in [0.2, 0.25) is 0 Å². The van der Waals surface area contributed by atoms with Crippen molar-refractivity contribution < 1.29 is 31.4 Å². The second-order valence-electron chi connectivity index (χ2n) is 11.6. The summed E-state index contributed by atoms with van der Waals surface area (Å²) < 4.78 is 85.3. The molecule has 0 radical (unpaired) electrons. The van der Waals surface area contributed by atoms with Crippen molar-refractivity contribution in [2.45, 2.75) is 37.4 Å². The average Bonchev–Trinajstić information content (AvgIpc) is 3.45. The summed E-state index contributed by atoms with van der Waals surface area (Å²) in [5.74, 6) is 1.04. The van der Waals surface area contributed by atoms with Crippen LogP contribution in [-0.4, -0.2) is 72.4 Å². The molecule has 12 heteroatoms. The van der Waals surface area contributed by atoms with Crippen molar-refractivity contribution in [2.24, 2.45) is 0 Å². The number of fused-ring (bicyclic) bond motifs is 2. The first-order valence-electron chi connectivity index (χ1n) is 14.4. The fraction of sp³-hybridized carbons (Fsp3) is 0.375. The standard InChI is InChI=1S/C32H28F5N5O2/c1-2-20-23(34)5-4-17-10-19(38)11-21(26(17)20)22-12-24-27-29(28(22)37)39-31(40-30(27)41(8-9-43-24)15-25(35)36)44-16-32-6-3-7-42(32)14-18(33)13-32/h1,4-5,10-12,18,25H,3,6-9,13-16,38H2/t18-,32+/m1/s1. The van der Waals surface area contributed by atoms with E-state index >= 15 is 4.39 Å². The Bertz CT molecular complexity index is 1850. The predicted molar refractivity (Wildman–Crippen MR) is 157 cm³/mol. The second-order valence-corrected chi connectivity index (χ2v) is 11.6. The number of aromatic nitrogens is 2. The van der Waals surface area contributed by atoms with E-state index in [-0.39, 0.29) is 82.4 Å². The summed E-state index contributed by atoms with van der Waals surface area (Å²) in [6.45, 7) is 0.464. The lowest BCUT2D eigenvalue weighted by Crippen LogP contribution is -2.43. The van der Waals surface area contributed by atoms with E-state index in [0.717, 1.165) is 19.4 Å². The maximum atomic E-state index is 16.8. The zero-order chi connectivity index (χ0) is 30.7. The SMILES string of the molecule is C#Cc1c(F)ccc2cc(N)cc(-c3cc4c5c(nc(OC[C@@]67CCCN6C[C@H](F)C7)nc5c3F)N(CC(F)F)CCO4)c12. The number of hydrogen-bond donors (Lipinski definition) is 1. The Labute approximate surface area is 249 Å². The number of rotatable bonds is 6. The van der Waals surface area contributed by atoms with Crippen molar-refractivity contribution in [3.63, 3.8) is 0 Å².